The number of ether oxygens (including phenoxy) is 1. The van der Waals surface area contributed by atoms with Gasteiger partial charge in [0.15, 0.2) is 0 Å². The second kappa shape index (κ2) is 8.94. The van der Waals surface area contributed by atoms with Gasteiger partial charge in [0.05, 0.1) is 35.0 Å². The Bertz CT molecular complexity index is 1120. The van der Waals surface area contributed by atoms with Gasteiger partial charge < -0.3 is 9.84 Å². The first-order valence-corrected chi connectivity index (χ1v) is 12.6. The van der Waals surface area contributed by atoms with Crippen LogP contribution >= 0.6 is 33.9 Å². The van der Waals surface area contributed by atoms with Gasteiger partial charge in [0, 0.05) is 9.30 Å². The average Bonchev–Trinajstić information content (AvgIpc) is 3.41. The summed E-state index contributed by atoms with van der Waals surface area (Å²) in [7, 11) is 1.70. The first-order chi connectivity index (χ1) is 14.8. The summed E-state index contributed by atoms with van der Waals surface area (Å²) in [5.74, 6) is 0.858. The molecule has 6 heteroatoms. The van der Waals surface area contributed by atoms with Gasteiger partial charge in [-0.25, -0.2) is 5.43 Å². The van der Waals surface area contributed by atoms with E-state index in [1.807, 2.05) is 19.9 Å². The molecule has 1 aliphatic heterocycles. The first-order valence-electron chi connectivity index (χ1n) is 10.2. The smallest absolute Gasteiger partial charge is 0.119 e. The number of aliphatic hydroxyl groups is 1. The van der Waals surface area contributed by atoms with Crippen molar-refractivity contribution in [3.8, 4) is 16.2 Å². The zero-order valence-electron chi connectivity index (χ0n) is 18.1. The molecular formula is C25H27IN2O2S. The van der Waals surface area contributed by atoms with Crippen LogP contribution in [0.4, 0.5) is 5.69 Å². The van der Waals surface area contributed by atoms with Crippen molar-refractivity contribution in [3.05, 3.63) is 76.7 Å². The summed E-state index contributed by atoms with van der Waals surface area (Å²) in [6, 6.07) is 18.7. The molecule has 4 nitrogen and oxygen atoms in total. The van der Waals surface area contributed by atoms with E-state index in [1.165, 1.54) is 21.6 Å². The molecular weight excluding hydrogens is 519 g/mol. The predicted molar refractivity (Wildman–Crippen MR) is 139 cm³/mol. The van der Waals surface area contributed by atoms with Gasteiger partial charge in [0.2, 0.25) is 0 Å². The lowest BCUT2D eigenvalue weighted by Crippen LogP contribution is -2.48. The Morgan fingerprint density at radius 2 is 1.87 bits per heavy atom. The van der Waals surface area contributed by atoms with Crippen LogP contribution in [-0.4, -0.2) is 23.9 Å². The summed E-state index contributed by atoms with van der Waals surface area (Å²) >= 11 is 4.15. The number of para-hydroxylation sites is 1. The van der Waals surface area contributed by atoms with Gasteiger partial charge in [0.1, 0.15) is 5.75 Å². The summed E-state index contributed by atoms with van der Waals surface area (Å²) in [4.78, 5) is 2.35. The minimum absolute atomic E-state index is 0.186. The number of hydrazine groups is 1. The number of alkyl halides is 1. The SMILES string of the molecule is COc1ccc(C)c(-c2ccc(C3=CC(C(C)(C)O)NN3c3ccccc3CI)s2)c1. The first kappa shape index (κ1) is 22.3. The Balaban J connectivity index is 1.77. The number of nitrogens with one attached hydrogen (secondary N) is 1. The summed E-state index contributed by atoms with van der Waals surface area (Å²) < 4.78 is 6.34. The normalized spacial score (nSPS) is 16.5. The summed E-state index contributed by atoms with van der Waals surface area (Å²) in [6.45, 7) is 5.80. The quantitative estimate of drug-likeness (QED) is 0.287. The monoisotopic (exact) mass is 546 g/mol. The van der Waals surface area contributed by atoms with Gasteiger partial charge in [-0.3, -0.25) is 5.01 Å². The van der Waals surface area contributed by atoms with E-state index in [1.54, 1.807) is 18.4 Å². The van der Waals surface area contributed by atoms with E-state index in [0.717, 1.165) is 26.4 Å². The van der Waals surface area contributed by atoms with E-state index in [9.17, 15) is 5.11 Å². The van der Waals surface area contributed by atoms with Gasteiger partial charge in [-0.05, 0) is 73.9 Å². The second-order valence-corrected chi connectivity index (χ2v) is 10.1. The van der Waals surface area contributed by atoms with Crippen molar-refractivity contribution < 1.29 is 9.84 Å². The Morgan fingerprint density at radius 3 is 2.58 bits per heavy atom. The largest absolute Gasteiger partial charge is 0.497 e. The maximum atomic E-state index is 10.7. The molecule has 0 aliphatic carbocycles. The van der Waals surface area contributed by atoms with Crippen LogP contribution in [0, 0.1) is 6.92 Å². The Hall–Kier alpha value is -1.87. The van der Waals surface area contributed by atoms with Crippen LogP contribution in [0.25, 0.3) is 16.1 Å². The molecule has 3 aromatic rings. The van der Waals surface area contributed by atoms with E-state index in [-0.39, 0.29) is 6.04 Å². The fourth-order valence-electron chi connectivity index (χ4n) is 3.69. The van der Waals surface area contributed by atoms with Crippen LogP contribution in [0.5, 0.6) is 5.75 Å². The predicted octanol–water partition coefficient (Wildman–Crippen LogP) is 6.17. The second-order valence-electron chi connectivity index (χ2n) is 8.25. The van der Waals surface area contributed by atoms with E-state index < -0.39 is 5.60 Å². The highest BCUT2D eigenvalue weighted by molar-refractivity contribution is 14.1. The molecule has 1 aromatic heterocycles. The maximum Gasteiger partial charge on any atom is 0.119 e. The molecule has 0 saturated carbocycles. The summed E-state index contributed by atoms with van der Waals surface area (Å²) in [5, 5.41) is 12.8. The van der Waals surface area contributed by atoms with E-state index in [4.69, 9.17) is 4.74 Å². The van der Waals surface area contributed by atoms with Crippen LogP contribution < -0.4 is 15.2 Å². The minimum atomic E-state index is -0.886. The fourth-order valence-corrected chi connectivity index (χ4v) is 5.44. The van der Waals surface area contributed by atoms with E-state index in [0.29, 0.717) is 0 Å². The molecule has 1 unspecified atom stereocenters. The van der Waals surface area contributed by atoms with Crippen molar-refractivity contribution >= 4 is 45.3 Å². The highest BCUT2D eigenvalue weighted by atomic mass is 127. The Kier molecular flexibility index (Phi) is 6.44. The van der Waals surface area contributed by atoms with E-state index in [2.05, 4.69) is 94.6 Å². The third-order valence-electron chi connectivity index (χ3n) is 5.54. The van der Waals surface area contributed by atoms with Gasteiger partial charge in [0.25, 0.3) is 0 Å². The van der Waals surface area contributed by atoms with Gasteiger partial charge in [-0.15, -0.1) is 11.3 Å². The molecule has 0 radical (unpaired) electrons. The summed E-state index contributed by atoms with van der Waals surface area (Å²) in [6.07, 6.45) is 2.14. The summed E-state index contributed by atoms with van der Waals surface area (Å²) in [5.41, 5.74) is 8.47. The molecule has 0 bridgehead atoms. The van der Waals surface area contributed by atoms with Crippen LogP contribution in [0.3, 0.4) is 0 Å². The lowest BCUT2D eigenvalue weighted by Gasteiger charge is -2.29. The lowest BCUT2D eigenvalue weighted by molar-refractivity contribution is 0.0573. The number of hydrogen-bond donors (Lipinski definition) is 2. The molecule has 0 saturated heterocycles. The molecule has 2 aromatic carbocycles. The third kappa shape index (κ3) is 4.53. The fraction of sp³-hybridized carbons (Fsp3) is 0.280. The van der Waals surface area contributed by atoms with Crippen molar-refractivity contribution in [2.75, 3.05) is 12.1 Å². The topological polar surface area (TPSA) is 44.7 Å². The highest BCUT2D eigenvalue weighted by Gasteiger charge is 2.35. The van der Waals surface area contributed by atoms with Crippen molar-refractivity contribution in [1.29, 1.82) is 0 Å². The van der Waals surface area contributed by atoms with Gasteiger partial charge in [-0.2, -0.15) is 0 Å². The molecule has 31 heavy (non-hydrogen) atoms. The van der Waals surface area contributed by atoms with Crippen LogP contribution in [0.2, 0.25) is 0 Å². The highest BCUT2D eigenvalue weighted by Crippen LogP contribution is 2.40. The molecule has 2 heterocycles. The Labute approximate surface area is 201 Å². The number of rotatable bonds is 6. The number of methoxy groups -OCH3 is 1. The zero-order valence-corrected chi connectivity index (χ0v) is 21.1. The molecule has 1 aliphatic rings. The van der Waals surface area contributed by atoms with Gasteiger partial charge >= 0.3 is 0 Å². The number of halogens is 1. The number of thiophene rings is 1. The molecule has 4 rings (SSSR count). The van der Waals surface area contributed by atoms with Crippen LogP contribution in [0.1, 0.15) is 29.9 Å². The van der Waals surface area contributed by atoms with Crippen molar-refractivity contribution in [2.45, 2.75) is 36.8 Å². The molecule has 2 N–H and O–H groups in total. The molecule has 0 fully saturated rings. The molecule has 0 amide bonds. The number of benzene rings is 2. The number of hydrogen-bond acceptors (Lipinski definition) is 5. The maximum absolute atomic E-state index is 10.7. The third-order valence-corrected chi connectivity index (χ3v) is 7.50. The van der Waals surface area contributed by atoms with Crippen molar-refractivity contribution in [3.63, 3.8) is 0 Å². The molecule has 162 valence electrons. The van der Waals surface area contributed by atoms with Crippen molar-refractivity contribution in [2.24, 2.45) is 0 Å². The lowest BCUT2D eigenvalue weighted by atomic mass is 9.99. The van der Waals surface area contributed by atoms with Crippen LogP contribution in [-0.2, 0) is 4.43 Å². The zero-order chi connectivity index (χ0) is 22.2. The van der Waals surface area contributed by atoms with Gasteiger partial charge in [-0.1, -0.05) is 46.9 Å². The van der Waals surface area contributed by atoms with E-state index >= 15 is 0 Å². The Morgan fingerprint density at radius 1 is 1.13 bits per heavy atom. The number of nitrogens with zero attached hydrogens (tertiary/aromatic N) is 1. The van der Waals surface area contributed by atoms with Crippen molar-refractivity contribution in [1.82, 2.24) is 5.43 Å². The standard InChI is InChI=1S/C25H27IN2O2S/c1-16-9-10-18(30-4)13-19(16)22-11-12-23(31-22)21-14-24(25(2,3)29)27-28(21)20-8-6-5-7-17(20)15-26/h5-14,24,27,29H,15H2,1-4H3. The molecule has 0 spiro atoms. The van der Waals surface area contributed by atoms with Crippen LogP contribution in [0.15, 0.2) is 60.7 Å². The minimum Gasteiger partial charge on any atom is -0.497 e. The number of anilines is 1. The molecule has 1 atom stereocenters. The average molecular weight is 546 g/mol. The number of aryl methyl sites for hydroxylation is 1.